The molecule has 2 rings (SSSR count). The molecule has 1 heteroatoms. The summed E-state index contributed by atoms with van der Waals surface area (Å²) in [4.78, 5) is 0. The van der Waals surface area contributed by atoms with E-state index in [0.29, 0.717) is 5.54 Å². The molecule has 0 bridgehead atoms. The van der Waals surface area contributed by atoms with Crippen molar-refractivity contribution in [1.29, 1.82) is 0 Å². The lowest BCUT2D eigenvalue weighted by Gasteiger charge is -2.41. The first-order valence-electron chi connectivity index (χ1n) is 3.56. The van der Waals surface area contributed by atoms with Gasteiger partial charge in [0.2, 0.25) is 0 Å². The molecule has 1 saturated heterocycles. The average Bonchev–Trinajstić information content (AvgIpc) is 1.94. The van der Waals surface area contributed by atoms with Crippen molar-refractivity contribution in [2.24, 2.45) is 5.92 Å². The highest BCUT2D eigenvalue weighted by Crippen LogP contribution is 2.43. The Morgan fingerprint density at radius 2 is 2.38 bits per heavy atom. The van der Waals surface area contributed by atoms with Gasteiger partial charge in [0.15, 0.2) is 0 Å². The number of hydrogen-bond acceptors (Lipinski definition) is 1. The van der Waals surface area contributed by atoms with Crippen LogP contribution < -0.4 is 5.32 Å². The van der Waals surface area contributed by atoms with E-state index in [1.54, 1.807) is 0 Å². The van der Waals surface area contributed by atoms with Gasteiger partial charge < -0.3 is 5.32 Å². The van der Waals surface area contributed by atoms with Crippen LogP contribution in [0.15, 0.2) is 0 Å². The molecule has 46 valence electrons. The molecule has 0 amide bonds. The Bertz CT molecular complexity index is 111. The van der Waals surface area contributed by atoms with Crippen LogP contribution in [-0.2, 0) is 0 Å². The minimum atomic E-state index is 0.583. The number of rotatable bonds is 0. The van der Waals surface area contributed by atoms with Crippen molar-refractivity contribution in [3.05, 3.63) is 0 Å². The third-order valence-corrected chi connectivity index (χ3v) is 2.93. The summed E-state index contributed by atoms with van der Waals surface area (Å²) in [6.07, 6.45) is 4.32. The maximum absolute atomic E-state index is 3.53. The highest BCUT2D eigenvalue weighted by atomic mass is 15.0. The van der Waals surface area contributed by atoms with Crippen LogP contribution in [0.2, 0.25) is 0 Å². The Balaban J connectivity index is 2.14. The van der Waals surface area contributed by atoms with E-state index < -0.39 is 0 Å². The minimum Gasteiger partial charge on any atom is -0.311 e. The summed E-state index contributed by atoms with van der Waals surface area (Å²) in [6, 6.07) is 0. The molecule has 0 aromatic heterocycles. The molecular formula is C7H13N. The molecule has 1 nitrogen and oxygen atoms in total. The molecular weight excluding hydrogens is 98.1 g/mol. The Kier molecular flexibility index (Phi) is 0.762. The van der Waals surface area contributed by atoms with Crippen molar-refractivity contribution >= 4 is 0 Å². The van der Waals surface area contributed by atoms with Crippen LogP contribution >= 0.6 is 0 Å². The summed E-state index contributed by atoms with van der Waals surface area (Å²) >= 11 is 0. The van der Waals surface area contributed by atoms with E-state index in [-0.39, 0.29) is 0 Å². The van der Waals surface area contributed by atoms with Gasteiger partial charge in [-0.3, -0.25) is 0 Å². The van der Waals surface area contributed by atoms with Gasteiger partial charge in [-0.1, -0.05) is 0 Å². The lowest BCUT2D eigenvalue weighted by Crippen LogP contribution is -2.48. The van der Waals surface area contributed by atoms with Crippen molar-refractivity contribution < 1.29 is 0 Å². The summed E-state index contributed by atoms with van der Waals surface area (Å²) in [5, 5.41) is 3.53. The van der Waals surface area contributed by atoms with Crippen LogP contribution in [-0.4, -0.2) is 12.1 Å². The second kappa shape index (κ2) is 1.27. The van der Waals surface area contributed by atoms with Crippen molar-refractivity contribution in [3.63, 3.8) is 0 Å². The van der Waals surface area contributed by atoms with Gasteiger partial charge in [-0.2, -0.15) is 0 Å². The third-order valence-electron chi connectivity index (χ3n) is 2.93. The van der Waals surface area contributed by atoms with E-state index in [4.69, 9.17) is 0 Å². The maximum atomic E-state index is 3.53. The van der Waals surface area contributed by atoms with Gasteiger partial charge in [0.05, 0.1) is 0 Å². The first kappa shape index (κ1) is 4.80. The highest BCUT2D eigenvalue weighted by Gasteiger charge is 2.45. The van der Waals surface area contributed by atoms with E-state index in [1.165, 1.54) is 25.8 Å². The van der Waals surface area contributed by atoms with Crippen LogP contribution in [0, 0.1) is 5.92 Å². The maximum Gasteiger partial charge on any atom is 0.0182 e. The minimum absolute atomic E-state index is 0.583. The highest BCUT2D eigenvalue weighted by molar-refractivity contribution is 5.03. The van der Waals surface area contributed by atoms with Gasteiger partial charge in [-0.25, -0.2) is 0 Å². The first-order chi connectivity index (χ1) is 3.81. The molecule has 1 heterocycles. The first-order valence-corrected chi connectivity index (χ1v) is 3.56. The summed E-state index contributed by atoms with van der Waals surface area (Å²) in [5.41, 5.74) is 0.583. The Hall–Kier alpha value is -0.0400. The van der Waals surface area contributed by atoms with E-state index in [9.17, 15) is 0 Å². The predicted molar refractivity (Wildman–Crippen MR) is 33.7 cm³/mol. The molecule has 2 fully saturated rings. The van der Waals surface area contributed by atoms with E-state index in [0.717, 1.165) is 5.92 Å². The monoisotopic (exact) mass is 111 g/mol. The zero-order valence-corrected chi connectivity index (χ0v) is 5.41. The zero-order valence-electron chi connectivity index (χ0n) is 5.41. The van der Waals surface area contributed by atoms with Crippen molar-refractivity contribution in [3.8, 4) is 0 Å². The molecule has 8 heavy (non-hydrogen) atoms. The summed E-state index contributed by atoms with van der Waals surface area (Å²) in [5.74, 6) is 1.03. The fourth-order valence-corrected chi connectivity index (χ4v) is 2.01. The molecule has 0 radical (unpaired) electrons. The lowest BCUT2D eigenvalue weighted by atomic mass is 9.69. The zero-order chi connectivity index (χ0) is 5.61. The summed E-state index contributed by atoms with van der Waals surface area (Å²) in [6.45, 7) is 3.62. The molecule has 2 aliphatic rings. The molecule has 1 aliphatic heterocycles. The summed E-state index contributed by atoms with van der Waals surface area (Å²) in [7, 11) is 0. The van der Waals surface area contributed by atoms with E-state index in [1.807, 2.05) is 0 Å². The Labute approximate surface area is 50.5 Å². The molecule has 0 spiro atoms. The number of fused-ring (bicyclic) bond motifs is 1. The van der Waals surface area contributed by atoms with Crippen LogP contribution in [0.4, 0.5) is 0 Å². The second-order valence-electron chi connectivity index (χ2n) is 3.37. The van der Waals surface area contributed by atoms with Crippen molar-refractivity contribution in [1.82, 2.24) is 5.32 Å². The SMILES string of the molecule is C[C@@]12CCC1CCN2. The van der Waals surface area contributed by atoms with Crippen molar-refractivity contribution in [2.45, 2.75) is 31.7 Å². The number of nitrogens with one attached hydrogen (secondary N) is 1. The van der Waals surface area contributed by atoms with Crippen LogP contribution in [0.1, 0.15) is 26.2 Å². The van der Waals surface area contributed by atoms with Gasteiger partial charge in [-0.15, -0.1) is 0 Å². The number of hydrogen-bond donors (Lipinski definition) is 1. The molecule has 2 atom stereocenters. The van der Waals surface area contributed by atoms with Gasteiger partial charge in [0, 0.05) is 5.54 Å². The molecule has 1 unspecified atom stereocenters. The smallest absolute Gasteiger partial charge is 0.0182 e. The van der Waals surface area contributed by atoms with Crippen LogP contribution in [0.3, 0.4) is 0 Å². The van der Waals surface area contributed by atoms with Gasteiger partial charge in [0.25, 0.3) is 0 Å². The standard InChI is InChI=1S/C7H13N/c1-7-4-2-6(7)3-5-8-7/h6,8H,2-5H2,1H3/t6?,7-/m1/s1. The van der Waals surface area contributed by atoms with Gasteiger partial charge >= 0.3 is 0 Å². The topological polar surface area (TPSA) is 12.0 Å². The second-order valence-corrected chi connectivity index (χ2v) is 3.37. The summed E-state index contributed by atoms with van der Waals surface area (Å²) < 4.78 is 0. The molecule has 0 aromatic carbocycles. The molecule has 0 aromatic rings. The third kappa shape index (κ3) is 0.408. The molecule has 1 aliphatic carbocycles. The Morgan fingerprint density at radius 3 is 2.62 bits per heavy atom. The normalized spacial score (nSPS) is 52.9. The quantitative estimate of drug-likeness (QED) is 0.494. The predicted octanol–water partition coefficient (Wildman–Crippen LogP) is 1.15. The Morgan fingerprint density at radius 1 is 1.50 bits per heavy atom. The lowest BCUT2D eigenvalue weighted by molar-refractivity contribution is 0.158. The fraction of sp³-hybridized carbons (Fsp3) is 1.00. The average molecular weight is 111 g/mol. The largest absolute Gasteiger partial charge is 0.311 e. The van der Waals surface area contributed by atoms with E-state index in [2.05, 4.69) is 12.2 Å². The van der Waals surface area contributed by atoms with E-state index >= 15 is 0 Å². The van der Waals surface area contributed by atoms with Crippen molar-refractivity contribution in [2.75, 3.05) is 6.54 Å². The molecule has 1 saturated carbocycles. The molecule has 1 N–H and O–H groups in total. The van der Waals surface area contributed by atoms with Crippen LogP contribution in [0.5, 0.6) is 0 Å². The van der Waals surface area contributed by atoms with Gasteiger partial charge in [0.1, 0.15) is 0 Å². The van der Waals surface area contributed by atoms with Crippen LogP contribution in [0.25, 0.3) is 0 Å². The fourth-order valence-electron chi connectivity index (χ4n) is 2.01. The van der Waals surface area contributed by atoms with Gasteiger partial charge in [-0.05, 0) is 38.6 Å².